The lowest BCUT2D eigenvalue weighted by molar-refractivity contribution is -0.385. The summed E-state index contributed by atoms with van der Waals surface area (Å²) in [5.41, 5.74) is 2.10. The highest BCUT2D eigenvalue weighted by molar-refractivity contribution is 5.85. The summed E-state index contributed by atoms with van der Waals surface area (Å²) in [5.74, 6) is 0.138. The number of nitrogens with one attached hydrogen (secondary N) is 2. The van der Waals surface area contributed by atoms with Gasteiger partial charge in [-0.25, -0.2) is 9.89 Å². The van der Waals surface area contributed by atoms with Crippen molar-refractivity contribution in [2.45, 2.75) is 0 Å². The number of aromatic nitrogens is 3. The first-order valence-electron chi connectivity index (χ1n) is 5.11. The second-order valence-corrected chi connectivity index (χ2v) is 3.36. The van der Waals surface area contributed by atoms with Crippen molar-refractivity contribution in [2.24, 2.45) is 5.10 Å². The van der Waals surface area contributed by atoms with E-state index < -0.39 is 10.6 Å². The highest BCUT2D eigenvalue weighted by atomic mass is 16.6. The predicted octanol–water partition coefficient (Wildman–Crippen LogP) is 0.519. The van der Waals surface area contributed by atoms with Crippen molar-refractivity contribution in [1.29, 1.82) is 0 Å². The van der Waals surface area contributed by atoms with Gasteiger partial charge in [-0.05, 0) is 6.07 Å². The SMILES string of the molecule is O=c1nc(N/N=C/c2ccccc2[N+](=O)[O-])cn[nH]1. The van der Waals surface area contributed by atoms with Crippen LogP contribution in [-0.4, -0.2) is 26.3 Å². The molecule has 1 aromatic heterocycles. The summed E-state index contributed by atoms with van der Waals surface area (Å²) in [5, 5.41) is 20.1. The fraction of sp³-hybridized carbons (Fsp3) is 0. The molecule has 0 atom stereocenters. The topological polar surface area (TPSA) is 126 Å². The maximum atomic E-state index is 10.9. The van der Waals surface area contributed by atoms with E-state index >= 15 is 0 Å². The van der Waals surface area contributed by atoms with Gasteiger partial charge in [0.2, 0.25) is 0 Å². The molecule has 0 aliphatic rings. The minimum absolute atomic E-state index is 0.0648. The van der Waals surface area contributed by atoms with Crippen LogP contribution in [0.15, 0.2) is 40.4 Å². The van der Waals surface area contributed by atoms with Gasteiger partial charge in [-0.15, -0.1) is 0 Å². The number of para-hydroxylation sites is 1. The zero-order valence-electron chi connectivity index (χ0n) is 9.48. The molecule has 0 saturated carbocycles. The number of rotatable bonds is 4. The van der Waals surface area contributed by atoms with Gasteiger partial charge < -0.3 is 0 Å². The van der Waals surface area contributed by atoms with Crippen molar-refractivity contribution in [3.63, 3.8) is 0 Å². The average molecular weight is 260 g/mol. The molecule has 96 valence electrons. The maximum Gasteiger partial charge on any atom is 0.363 e. The Morgan fingerprint density at radius 1 is 1.42 bits per heavy atom. The lowest BCUT2D eigenvalue weighted by Crippen LogP contribution is -2.13. The molecule has 1 heterocycles. The monoisotopic (exact) mass is 260 g/mol. The van der Waals surface area contributed by atoms with E-state index in [1.165, 1.54) is 18.5 Å². The minimum Gasteiger partial charge on any atom is -0.260 e. The van der Waals surface area contributed by atoms with E-state index in [4.69, 9.17) is 0 Å². The van der Waals surface area contributed by atoms with Gasteiger partial charge in [-0.1, -0.05) is 12.1 Å². The van der Waals surface area contributed by atoms with Gasteiger partial charge in [0.1, 0.15) is 0 Å². The summed E-state index contributed by atoms with van der Waals surface area (Å²) in [6.45, 7) is 0. The van der Waals surface area contributed by atoms with Crippen LogP contribution in [0, 0.1) is 10.1 Å². The molecule has 0 spiro atoms. The van der Waals surface area contributed by atoms with Crippen molar-refractivity contribution in [2.75, 3.05) is 5.43 Å². The highest BCUT2D eigenvalue weighted by Crippen LogP contribution is 2.15. The van der Waals surface area contributed by atoms with Crippen LogP contribution in [0.5, 0.6) is 0 Å². The van der Waals surface area contributed by atoms with Crippen LogP contribution in [0.4, 0.5) is 11.5 Å². The molecule has 0 radical (unpaired) electrons. The summed E-state index contributed by atoms with van der Waals surface area (Å²) in [6.07, 6.45) is 2.53. The van der Waals surface area contributed by atoms with Crippen LogP contribution in [0.2, 0.25) is 0 Å². The van der Waals surface area contributed by atoms with Crippen LogP contribution in [0.25, 0.3) is 0 Å². The Balaban J connectivity index is 2.15. The Kier molecular flexibility index (Phi) is 3.57. The molecule has 0 fully saturated rings. The summed E-state index contributed by atoms with van der Waals surface area (Å²) < 4.78 is 0. The van der Waals surface area contributed by atoms with Gasteiger partial charge in [0, 0.05) is 6.07 Å². The third kappa shape index (κ3) is 3.19. The molecule has 9 nitrogen and oxygen atoms in total. The second kappa shape index (κ2) is 5.49. The first kappa shape index (κ1) is 12.4. The Labute approximate surface area is 106 Å². The zero-order chi connectivity index (χ0) is 13.7. The molecule has 0 bridgehead atoms. The number of nitrogens with zero attached hydrogens (tertiary/aromatic N) is 4. The molecule has 0 amide bonds. The Hall–Kier alpha value is -3.10. The minimum atomic E-state index is -0.620. The Morgan fingerprint density at radius 2 is 2.21 bits per heavy atom. The number of hydrogen-bond acceptors (Lipinski definition) is 7. The zero-order valence-corrected chi connectivity index (χ0v) is 9.48. The average Bonchev–Trinajstić information content (AvgIpc) is 2.39. The van der Waals surface area contributed by atoms with Crippen LogP contribution in [0.3, 0.4) is 0 Å². The smallest absolute Gasteiger partial charge is 0.260 e. The number of H-pyrrole nitrogens is 1. The summed E-state index contributed by atoms with van der Waals surface area (Å²) in [6, 6.07) is 6.13. The third-order valence-corrected chi connectivity index (χ3v) is 2.09. The van der Waals surface area contributed by atoms with Gasteiger partial charge >= 0.3 is 5.69 Å². The molecule has 19 heavy (non-hydrogen) atoms. The molecule has 2 N–H and O–H groups in total. The summed E-state index contributed by atoms with van der Waals surface area (Å²) in [4.78, 5) is 24.6. The lowest BCUT2D eigenvalue weighted by Gasteiger charge is -1.97. The van der Waals surface area contributed by atoms with Crippen molar-refractivity contribution >= 4 is 17.7 Å². The van der Waals surface area contributed by atoms with E-state index in [-0.39, 0.29) is 11.5 Å². The number of aromatic amines is 1. The maximum absolute atomic E-state index is 10.9. The molecule has 2 rings (SSSR count). The van der Waals surface area contributed by atoms with Crippen LogP contribution in [0.1, 0.15) is 5.56 Å². The van der Waals surface area contributed by atoms with E-state index in [9.17, 15) is 14.9 Å². The molecule has 0 aliphatic carbocycles. The Bertz CT molecular complexity index is 681. The molecule has 9 heteroatoms. The molecular formula is C10H8N6O3. The summed E-state index contributed by atoms with van der Waals surface area (Å²) in [7, 11) is 0. The van der Waals surface area contributed by atoms with E-state index in [0.29, 0.717) is 5.56 Å². The van der Waals surface area contributed by atoms with Crippen molar-refractivity contribution in [3.8, 4) is 0 Å². The van der Waals surface area contributed by atoms with Crippen LogP contribution in [-0.2, 0) is 0 Å². The van der Waals surface area contributed by atoms with Crippen molar-refractivity contribution in [3.05, 3.63) is 56.6 Å². The first-order valence-corrected chi connectivity index (χ1v) is 5.11. The van der Waals surface area contributed by atoms with E-state index in [0.717, 1.165) is 0 Å². The number of hydrazone groups is 1. The van der Waals surface area contributed by atoms with Gasteiger partial charge in [-0.3, -0.25) is 15.5 Å². The molecule has 2 aromatic rings. The van der Waals surface area contributed by atoms with Gasteiger partial charge in [0.25, 0.3) is 5.69 Å². The van der Waals surface area contributed by atoms with Crippen LogP contribution < -0.4 is 11.1 Å². The fourth-order valence-corrected chi connectivity index (χ4v) is 1.30. The molecule has 0 unspecified atom stereocenters. The number of anilines is 1. The third-order valence-electron chi connectivity index (χ3n) is 2.09. The number of nitro groups is 1. The van der Waals surface area contributed by atoms with Gasteiger partial charge in [-0.2, -0.15) is 15.2 Å². The van der Waals surface area contributed by atoms with Crippen LogP contribution >= 0.6 is 0 Å². The lowest BCUT2D eigenvalue weighted by atomic mass is 10.2. The first-order chi connectivity index (χ1) is 9.16. The highest BCUT2D eigenvalue weighted by Gasteiger charge is 2.09. The number of benzene rings is 1. The number of nitro benzene ring substituents is 1. The van der Waals surface area contributed by atoms with E-state index in [2.05, 4.69) is 25.7 Å². The number of hydrogen-bond donors (Lipinski definition) is 2. The largest absolute Gasteiger partial charge is 0.363 e. The normalized spacial score (nSPS) is 10.5. The summed E-state index contributed by atoms with van der Waals surface area (Å²) >= 11 is 0. The quantitative estimate of drug-likeness (QED) is 0.468. The molecule has 1 aromatic carbocycles. The van der Waals surface area contributed by atoms with Gasteiger partial charge in [0.05, 0.1) is 22.9 Å². The standard InChI is InChI=1S/C10H8N6O3/c17-10-13-9(6-12-15-10)14-11-5-7-3-1-2-4-8(7)16(18)19/h1-6H,(H2,13,14,15,17)/b11-5+. The molecule has 0 saturated heterocycles. The molecular weight excluding hydrogens is 252 g/mol. The predicted molar refractivity (Wildman–Crippen MR) is 67.0 cm³/mol. The van der Waals surface area contributed by atoms with Crippen molar-refractivity contribution in [1.82, 2.24) is 15.2 Å². The molecule has 0 aliphatic heterocycles. The van der Waals surface area contributed by atoms with Crippen molar-refractivity contribution < 1.29 is 4.92 Å². The van der Waals surface area contributed by atoms with E-state index in [1.54, 1.807) is 18.2 Å². The second-order valence-electron chi connectivity index (χ2n) is 3.36. The Morgan fingerprint density at radius 3 is 2.95 bits per heavy atom. The fourth-order valence-electron chi connectivity index (χ4n) is 1.30. The van der Waals surface area contributed by atoms with E-state index in [1.807, 2.05) is 0 Å². The van der Waals surface area contributed by atoms with Gasteiger partial charge in [0.15, 0.2) is 5.82 Å².